The van der Waals surface area contributed by atoms with Crippen molar-refractivity contribution in [1.82, 2.24) is 4.90 Å². The predicted molar refractivity (Wildman–Crippen MR) is 63.9 cm³/mol. The second-order valence-electron chi connectivity index (χ2n) is 4.36. The second-order valence-corrected chi connectivity index (χ2v) is 5.35. The summed E-state index contributed by atoms with van der Waals surface area (Å²) in [5.41, 5.74) is 0. The summed E-state index contributed by atoms with van der Waals surface area (Å²) >= 11 is 1.90. The standard InChI is InChI=1S/C11H23NOS/c1-9(7-8-14-3)12(2)10-5-4-6-11(10)13/h9-11,13H,4-8H2,1-3H3/t9?,10-,11-/m1/s1. The molecule has 0 bridgehead atoms. The fourth-order valence-corrected chi connectivity index (χ4v) is 2.79. The van der Waals surface area contributed by atoms with Gasteiger partial charge in [0.15, 0.2) is 0 Å². The van der Waals surface area contributed by atoms with E-state index in [0.29, 0.717) is 12.1 Å². The smallest absolute Gasteiger partial charge is 0.0695 e. The van der Waals surface area contributed by atoms with E-state index in [-0.39, 0.29) is 6.10 Å². The molecule has 14 heavy (non-hydrogen) atoms. The van der Waals surface area contributed by atoms with Crippen molar-refractivity contribution in [2.45, 2.75) is 50.8 Å². The number of likely N-dealkylation sites (N-methyl/N-ethyl adjacent to an activating group) is 1. The quantitative estimate of drug-likeness (QED) is 0.761. The van der Waals surface area contributed by atoms with E-state index in [1.807, 2.05) is 11.8 Å². The van der Waals surface area contributed by atoms with Gasteiger partial charge in [0.25, 0.3) is 0 Å². The number of nitrogens with zero attached hydrogens (tertiary/aromatic N) is 1. The minimum atomic E-state index is -0.0864. The molecule has 1 aliphatic carbocycles. The second kappa shape index (κ2) is 5.99. The van der Waals surface area contributed by atoms with E-state index in [1.54, 1.807) is 0 Å². The molecule has 0 saturated heterocycles. The molecule has 2 nitrogen and oxygen atoms in total. The molecule has 84 valence electrons. The van der Waals surface area contributed by atoms with E-state index in [2.05, 4.69) is 25.1 Å². The van der Waals surface area contributed by atoms with Crippen LogP contribution in [0.4, 0.5) is 0 Å². The maximum absolute atomic E-state index is 9.79. The van der Waals surface area contributed by atoms with E-state index in [1.165, 1.54) is 25.0 Å². The fraction of sp³-hybridized carbons (Fsp3) is 1.00. The molecule has 1 rings (SSSR count). The van der Waals surface area contributed by atoms with Crippen LogP contribution in [0.25, 0.3) is 0 Å². The fourth-order valence-electron chi connectivity index (χ4n) is 2.21. The number of hydrogen-bond acceptors (Lipinski definition) is 3. The van der Waals surface area contributed by atoms with Crippen molar-refractivity contribution in [3.05, 3.63) is 0 Å². The summed E-state index contributed by atoms with van der Waals surface area (Å²) < 4.78 is 0. The lowest BCUT2D eigenvalue weighted by Crippen LogP contribution is -2.43. The average molecular weight is 217 g/mol. The summed E-state index contributed by atoms with van der Waals surface area (Å²) in [5.74, 6) is 1.22. The summed E-state index contributed by atoms with van der Waals surface area (Å²) in [6, 6.07) is 1.01. The average Bonchev–Trinajstić information content (AvgIpc) is 2.59. The molecule has 0 amide bonds. The van der Waals surface area contributed by atoms with Crippen LogP contribution in [0.2, 0.25) is 0 Å². The van der Waals surface area contributed by atoms with Gasteiger partial charge in [-0.15, -0.1) is 0 Å². The van der Waals surface area contributed by atoms with Crippen molar-refractivity contribution in [1.29, 1.82) is 0 Å². The lowest BCUT2D eigenvalue weighted by Gasteiger charge is -2.32. The monoisotopic (exact) mass is 217 g/mol. The van der Waals surface area contributed by atoms with Crippen LogP contribution in [0.3, 0.4) is 0 Å². The molecule has 1 saturated carbocycles. The van der Waals surface area contributed by atoms with E-state index >= 15 is 0 Å². The van der Waals surface area contributed by atoms with Crippen molar-refractivity contribution in [3.63, 3.8) is 0 Å². The molecular formula is C11H23NOS. The molecule has 1 fully saturated rings. The van der Waals surface area contributed by atoms with Crippen molar-refractivity contribution in [2.24, 2.45) is 0 Å². The minimum Gasteiger partial charge on any atom is -0.391 e. The maximum Gasteiger partial charge on any atom is 0.0695 e. The highest BCUT2D eigenvalue weighted by Crippen LogP contribution is 2.25. The molecular weight excluding hydrogens is 194 g/mol. The molecule has 3 heteroatoms. The first-order valence-electron chi connectivity index (χ1n) is 5.55. The Bertz CT molecular complexity index is 165. The normalized spacial score (nSPS) is 29.8. The van der Waals surface area contributed by atoms with Crippen LogP contribution in [-0.4, -0.2) is 47.3 Å². The van der Waals surface area contributed by atoms with Crippen molar-refractivity contribution in [3.8, 4) is 0 Å². The highest BCUT2D eigenvalue weighted by Gasteiger charge is 2.30. The van der Waals surface area contributed by atoms with Crippen LogP contribution >= 0.6 is 11.8 Å². The SMILES string of the molecule is CSCCC(C)N(C)[C@@H]1CCC[C@H]1O. The van der Waals surface area contributed by atoms with Gasteiger partial charge in [0, 0.05) is 12.1 Å². The minimum absolute atomic E-state index is 0.0864. The molecule has 0 aromatic rings. The van der Waals surface area contributed by atoms with Gasteiger partial charge < -0.3 is 5.11 Å². The van der Waals surface area contributed by atoms with Crippen LogP contribution in [0.15, 0.2) is 0 Å². The van der Waals surface area contributed by atoms with Gasteiger partial charge in [0.05, 0.1) is 6.10 Å². The van der Waals surface area contributed by atoms with Crippen LogP contribution in [0.5, 0.6) is 0 Å². The van der Waals surface area contributed by atoms with Gasteiger partial charge in [-0.25, -0.2) is 0 Å². The Morgan fingerprint density at radius 1 is 1.50 bits per heavy atom. The highest BCUT2D eigenvalue weighted by atomic mass is 32.2. The summed E-state index contributed by atoms with van der Waals surface area (Å²) in [5, 5.41) is 9.79. The number of aliphatic hydroxyl groups is 1. The first-order chi connectivity index (χ1) is 6.66. The van der Waals surface area contributed by atoms with E-state index in [0.717, 1.165) is 6.42 Å². The van der Waals surface area contributed by atoms with Crippen LogP contribution in [-0.2, 0) is 0 Å². The van der Waals surface area contributed by atoms with Crippen molar-refractivity contribution >= 4 is 11.8 Å². The molecule has 0 aromatic heterocycles. The molecule has 0 heterocycles. The Kier molecular flexibility index (Phi) is 5.28. The zero-order valence-electron chi connectivity index (χ0n) is 9.57. The van der Waals surface area contributed by atoms with Crippen molar-refractivity contribution < 1.29 is 5.11 Å². The van der Waals surface area contributed by atoms with Crippen LogP contribution in [0, 0.1) is 0 Å². The molecule has 0 aliphatic heterocycles. The molecule has 0 aromatic carbocycles. The molecule has 3 atom stereocenters. The van der Waals surface area contributed by atoms with E-state index in [9.17, 15) is 5.11 Å². The number of rotatable bonds is 5. The summed E-state index contributed by atoms with van der Waals surface area (Å²) in [6.45, 7) is 2.27. The van der Waals surface area contributed by atoms with Gasteiger partial charge in [-0.2, -0.15) is 11.8 Å². The number of aliphatic hydroxyl groups excluding tert-OH is 1. The Hall–Kier alpha value is 0.270. The van der Waals surface area contributed by atoms with Gasteiger partial charge in [-0.1, -0.05) is 0 Å². The molecule has 1 N–H and O–H groups in total. The highest BCUT2D eigenvalue weighted by molar-refractivity contribution is 7.98. The zero-order chi connectivity index (χ0) is 10.6. The number of hydrogen-bond donors (Lipinski definition) is 1. The lowest BCUT2D eigenvalue weighted by atomic mass is 10.1. The zero-order valence-corrected chi connectivity index (χ0v) is 10.4. The van der Waals surface area contributed by atoms with E-state index in [4.69, 9.17) is 0 Å². The molecule has 0 spiro atoms. The third-order valence-electron chi connectivity index (χ3n) is 3.40. The first kappa shape index (κ1) is 12.3. The number of thioether (sulfide) groups is 1. The van der Waals surface area contributed by atoms with Crippen molar-refractivity contribution in [2.75, 3.05) is 19.1 Å². The summed E-state index contributed by atoms with van der Waals surface area (Å²) in [6.07, 6.45) is 6.63. The summed E-state index contributed by atoms with van der Waals surface area (Å²) in [7, 11) is 2.16. The topological polar surface area (TPSA) is 23.5 Å². The van der Waals surface area contributed by atoms with Gasteiger partial charge in [0.2, 0.25) is 0 Å². The Balaban J connectivity index is 2.34. The van der Waals surface area contributed by atoms with Crippen LogP contribution < -0.4 is 0 Å². The first-order valence-corrected chi connectivity index (χ1v) is 6.95. The van der Waals surface area contributed by atoms with Crippen LogP contribution in [0.1, 0.15) is 32.6 Å². The largest absolute Gasteiger partial charge is 0.391 e. The Morgan fingerprint density at radius 3 is 2.71 bits per heavy atom. The third kappa shape index (κ3) is 3.14. The predicted octanol–water partition coefficient (Wildman–Crippen LogP) is 1.97. The Morgan fingerprint density at radius 2 is 2.21 bits per heavy atom. The van der Waals surface area contributed by atoms with Gasteiger partial charge in [0.1, 0.15) is 0 Å². The van der Waals surface area contributed by atoms with E-state index < -0.39 is 0 Å². The third-order valence-corrected chi connectivity index (χ3v) is 4.05. The molecule has 1 unspecified atom stereocenters. The van der Waals surface area contributed by atoms with Gasteiger partial charge >= 0.3 is 0 Å². The summed E-state index contributed by atoms with van der Waals surface area (Å²) in [4.78, 5) is 2.37. The molecule has 1 aliphatic rings. The molecule has 0 radical (unpaired) electrons. The van der Waals surface area contributed by atoms with Gasteiger partial charge in [-0.05, 0) is 51.7 Å². The lowest BCUT2D eigenvalue weighted by molar-refractivity contribution is 0.0650. The Labute approximate surface area is 92.1 Å². The van der Waals surface area contributed by atoms with Gasteiger partial charge in [-0.3, -0.25) is 4.90 Å². The maximum atomic E-state index is 9.79.